The van der Waals surface area contributed by atoms with E-state index in [1.165, 1.54) is 0 Å². The molecule has 18 heavy (non-hydrogen) atoms. The molecule has 4 heteroatoms. The SMILES string of the molecule is CCCCNC(=O)C(C)NC(=O)c1ccccc1. The van der Waals surface area contributed by atoms with Gasteiger partial charge in [0.2, 0.25) is 5.91 Å². The molecule has 4 nitrogen and oxygen atoms in total. The maximum Gasteiger partial charge on any atom is 0.251 e. The summed E-state index contributed by atoms with van der Waals surface area (Å²) in [6, 6.07) is 8.35. The molecule has 2 amide bonds. The van der Waals surface area contributed by atoms with Gasteiger partial charge in [-0.3, -0.25) is 9.59 Å². The van der Waals surface area contributed by atoms with Gasteiger partial charge in [-0.05, 0) is 25.5 Å². The summed E-state index contributed by atoms with van der Waals surface area (Å²) < 4.78 is 0. The highest BCUT2D eigenvalue weighted by Crippen LogP contribution is 1.98. The first kappa shape index (κ1) is 14.2. The number of rotatable bonds is 6. The molecule has 0 heterocycles. The Labute approximate surface area is 108 Å². The summed E-state index contributed by atoms with van der Waals surface area (Å²) >= 11 is 0. The molecule has 1 atom stereocenters. The molecule has 98 valence electrons. The smallest absolute Gasteiger partial charge is 0.251 e. The molecule has 0 aliphatic carbocycles. The van der Waals surface area contributed by atoms with Crippen LogP contribution in [0.1, 0.15) is 37.0 Å². The standard InChI is InChI=1S/C14H20N2O2/c1-3-4-10-15-13(17)11(2)16-14(18)12-8-6-5-7-9-12/h5-9,11H,3-4,10H2,1-2H3,(H,15,17)(H,16,18). The molecular weight excluding hydrogens is 228 g/mol. The van der Waals surface area contributed by atoms with Crippen molar-refractivity contribution in [3.8, 4) is 0 Å². The minimum absolute atomic E-state index is 0.146. The number of unbranched alkanes of at least 4 members (excludes halogenated alkanes) is 1. The summed E-state index contributed by atoms with van der Waals surface area (Å²) in [6.45, 7) is 4.40. The molecule has 1 rings (SSSR count). The van der Waals surface area contributed by atoms with Crippen LogP contribution in [0, 0.1) is 0 Å². The Hall–Kier alpha value is -1.84. The highest BCUT2D eigenvalue weighted by molar-refractivity contribution is 5.97. The highest BCUT2D eigenvalue weighted by atomic mass is 16.2. The van der Waals surface area contributed by atoms with Crippen molar-refractivity contribution in [1.82, 2.24) is 10.6 Å². The van der Waals surface area contributed by atoms with E-state index in [1.807, 2.05) is 6.07 Å². The second kappa shape index (κ2) is 7.48. The number of hydrogen-bond acceptors (Lipinski definition) is 2. The maximum atomic E-state index is 11.8. The maximum absolute atomic E-state index is 11.8. The van der Waals surface area contributed by atoms with Crippen LogP contribution in [0.5, 0.6) is 0 Å². The van der Waals surface area contributed by atoms with Crippen molar-refractivity contribution in [1.29, 1.82) is 0 Å². The van der Waals surface area contributed by atoms with E-state index in [4.69, 9.17) is 0 Å². The van der Waals surface area contributed by atoms with Crippen LogP contribution in [0.2, 0.25) is 0 Å². The van der Waals surface area contributed by atoms with Gasteiger partial charge in [0.25, 0.3) is 5.91 Å². The Balaban J connectivity index is 2.42. The van der Waals surface area contributed by atoms with Crippen LogP contribution in [0.25, 0.3) is 0 Å². The summed E-state index contributed by atoms with van der Waals surface area (Å²) in [7, 11) is 0. The van der Waals surface area contributed by atoms with E-state index in [-0.39, 0.29) is 11.8 Å². The molecule has 0 fully saturated rings. The minimum atomic E-state index is -0.519. The summed E-state index contributed by atoms with van der Waals surface area (Å²) in [5.74, 6) is -0.374. The Kier molecular flexibility index (Phi) is 5.91. The fourth-order valence-electron chi connectivity index (χ4n) is 1.48. The van der Waals surface area contributed by atoms with E-state index < -0.39 is 6.04 Å². The minimum Gasteiger partial charge on any atom is -0.354 e. The fraction of sp³-hybridized carbons (Fsp3) is 0.429. The number of amides is 2. The molecule has 1 unspecified atom stereocenters. The van der Waals surface area contributed by atoms with Gasteiger partial charge in [0.1, 0.15) is 6.04 Å². The van der Waals surface area contributed by atoms with Crippen LogP contribution in [-0.4, -0.2) is 24.4 Å². The van der Waals surface area contributed by atoms with Crippen LogP contribution in [0.15, 0.2) is 30.3 Å². The van der Waals surface area contributed by atoms with E-state index in [0.717, 1.165) is 12.8 Å². The molecule has 0 bridgehead atoms. The Morgan fingerprint density at radius 2 is 1.89 bits per heavy atom. The molecule has 0 spiro atoms. The average molecular weight is 248 g/mol. The Bertz CT molecular complexity index is 390. The lowest BCUT2D eigenvalue weighted by atomic mass is 10.2. The topological polar surface area (TPSA) is 58.2 Å². The first-order valence-electron chi connectivity index (χ1n) is 6.28. The van der Waals surface area contributed by atoms with Crippen LogP contribution in [0.4, 0.5) is 0 Å². The molecule has 0 saturated heterocycles. The lowest BCUT2D eigenvalue weighted by Gasteiger charge is -2.13. The van der Waals surface area contributed by atoms with Gasteiger partial charge in [-0.1, -0.05) is 31.5 Å². The monoisotopic (exact) mass is 248 g/mol. The molecular formula is C14H20N2O2. The largest absolute Gasteiger partial charge is 0.354 e. The van der Waals surface area contributed by atoms with E-state index >= 15 is 0 Å². The molecule has 0 aliphatic rings. The number of nitrogens with one attached hydrogen (secondary N) is 2. The first-order valence-corrected chi connectivity index (χ1v) is 6.28. The normalized spacial score (nSPS) is 11.7. The van der Waals surface area contributed by atoms with E-state index in [0.29, 0.717) is 12.1 Å². The van der Waals surface area contributed by atoms with Crippen molar-refractivity contribution in [2.45, 2.75) is 32.7 Å². The van der Waals surface area contributed by atoms with E-state index in [2.05, 4.69) is 17.6 Å². The van der Waals surface area contributed by atoms with Crippen molar-refractivity contribution in [2.24, 2.45) is 0 Å². The summed E-state index contributed by atoms with van der Waals surface area (Å²) in [4.78, 5) is 23.5. The van der Waals surface area contributed by atoms with Crippen LogP contribution >= 0.6 is 0 Å². The van der Waals surface area contributed by atoms with Gasteiger partial charge in [-0.2, -0.15) is 0 Å². The number of benzene rings is 1. The third-order valence-corrected chi connectivity index (χ3v) is 2.61. The predicted molar refractivity (Wildman–Crippen MR) is 71.3 cm³/mol. The summed E-state index contributed by atoms with van der Waals surface area (Å²) in [5.41, 5.74) is 0.561. The molecule has 0 saturated carbocycles. The van der Waals surface area contributed by atoms with Gasteiger partial charge in [-0.15, -0.1) is 0 Å². The van der Waals surface area contributed by atoms with Gasteiger partial charge < -0.3 is 10.6 Å². The summed E-state index contributed by atoms with van der Waals surface area (Å²) in [6.07, 6.45) is 1.98. The van der Waals surface area contributed by atoms with Crippen molar-refractivity contribution in [2.75, 3.05) is 6.54 Å². The van der Waals surface area contributed by atoms with Crippen LogP contribution in [-0.2, 0) is 4.79 Å². The van der Waals surface area contributed by atoms with E-state index in [9.17, 15) is 9.59 Å². The first-order chi connectivity index (χ1) is 8.65. The van der Waals surface area contributed by atoms with Gasteiger partial charge in [0, 0.05) is 12.1 Å². The Morgan fingerprint density at radius 1 is 1.22 bits per heavy atom. The second-order valence-electron chi connectivity index (χ2n) is 4.21. The summed E-state index contributed by atoms with van der Waals surface area (Å²) in [5, 5.41) is 5.46. The van der Waals surface area contributed by atoms with Crippen molar-refractivity contribution < 1.29 is 9.59 Å². The third kappa shape index (κ3) is 4.57. The second-order valence-corrected chi connectivity index (χ2v) is 4.21. The number of carbonyl (C=O) groups is 2. The third-order valence-electron chi connectivity index (χ3n) is 2.61. The van der Waals surface area contributed by atoms with Gasteiger partial charge in [0.15, 0.2) is 0 Å². The van der Waals surface area contributed by atoms with Gasteiger partial charge >= 0.3 is 0 Å². The number of carbonyl (C=O) groups excluding carboxylic acids is 2. The average Bonchev–Trinajstić information content (AvgIpc) is 2.39. The van der Waals surface area contributed by atoms with Crippen molar-refractivity contribution in [3.63, 3.8) is 0 Å². The van der Waals surface area contributed by atoms with Crippen LogP contribution < -0.4 is 10.6 Å². The zero-order valence-electron chi connectivity index (χ0n) is 10.9. The lowest BCUT2D eigenvalue weighted by Crippen LogP contribution is -2.45. The van der Waals surface area contributed by atoms with Gasteiger partial charge in [-0.25, -0.2) is 0 Å². The number of hydrogen-bond donors (Lipinski definition) is 2. The molecule has 1 aromatic carbocycles. The van der Waals surface area contributed by atoms with Crippen molar-refractivity contribution >= 4 is 11.8 Å². The van der Waals surface area contributed by atoms with Crippen molar-refractivity contribution in [3.05, 3.63) is 35.9 Å². The predicted octanol–water partition coefficient (Wildman–Crippen LogP) is 1.72. The zero-order valence-corrected chi connectivity index (χ0v) is 10.9. The quantitative estimate of drug-likeness (QED) is 0.753. The molecule has 0 radical (unpaired) electrons. The molecule has 0 aliphatic heterocycles. The molecule has 2 N–H and O–H groups in total. The molecule has 0 aromatic heterocycles. The highest BCUT2D eigenvalue weighted by Gasteiger charge is 2.15. The Morgan fingerprint density at radius 3 is 2.50 bits per heavy atom. The van der Waals surface area contributed by atoms with Gasteiger partial charge in [0.05, 0.1) is 0 Å². The van der Waals surface area contributed by atoms with E-state index in [1.54, 1.807) is 31.2 Å². The fourth-order valence-corrected chi connectivity index (χ4v) is 1.48. The lowest BCUT2D eigenvalue weighted by molar-refractivity contribution is -0.122. The zero-order chi connectivity index (χ0) is 13.4. The van der Waals surface area contributed by atoms with Crippen LogP contribution in [0.3, 0.4) is 0 Å². The molecule has 1 aromatic rings.